The second kappa shape index (κ2) is 23.4. The van der Waals surface area contributed by atoms with Crippen molar-refractivity contribution in [2.45, 2.75) is 55.4 Å². The first-order valence-corrected chi connectivity index (χ1v) is 7.94. The molecule has 0 amide bonds. The van der Waals surface area contributed by atoms with Crippen LogP contribution in [0.1, 0.15) is 55.4 Å². The van der Waals surface area contributed by atoms with E-state index in [1.165, 1.54) is 55.4 Å². The van der Waals surface area contributed by atoms with Gasteiger partial charge in [0.2, 0.25) is 0 Å². The van der Waals surface area contributed by atoms with E-state index in [0.717, 1.165) is 25.7 Å². The normalized spacial score (nSPS) is 7.45. The minimum absolute atomic E-state index is 0. The topological polar surface area (TPSA) is 137 Å². The minimum atomic E-state index is -0.187. The summed E-state index contributed by atoms with van der Waals surface area (Å²) in [6, 6.07) is 0. The Morgan fingerprint density at radius 3 is 0.379 bits per heavy atom. The summed E-state index contributed by atoms with van der Waals surface area (Å²) in [5.74, 6) is -1.50. The van der Waals surface area contributed by atoms with E-state index in [1.54, 1.807) is 0 Å². The summed E-state index contributed by atoms with van der Waals surface area (Å²) in [4.78, 5) is 79.8. The van der Waals surface area contributed by atoms with Crippen LogP contribution in [0, 0.1) is 25.7 Å². The molecule has 0 aliphatic rings. The molecule has 0 aliphatic heterocycles. The number of carbonyl (C=O) groups excluding carboxylic acids is 8. The van der Waals surface area contributed by atoms with Gasteiger partial charge in [-0.3, -0.25) is 25.7 Å². The summed E-state index contributed by atoms with van der Waals surface area (Å²) >= 11 is 0. The molecule has 0 N–H and O–H groups in total. The van der Waals surface area contributed by atoms with Crippen LogP contribution in [-0.4, -0.2) is 46.3 Å². The van der Waals surface area contributed by atoms with Crippen LogP contribution in [0.15, 0.2) is 0 Å². The van der Waals surface area contributed by atoms with Gasteiger partial charge in [-0.05, 0) is 55.4 Å². The SMILES string of the molecule is CC(=O)[CH-]C(C)=O.CC(=O)[CH-]C(C)=O.CC(=O)[CH-]C(C)=O.CC(=O)[CH-]C(C)=O.[Co+2]. The summed E-state index contributed by atoms with van der Waals surface area (Å²) in [6.07, 6.45) is 4.22. The molecule has 8 nitrogen and oxygen atoms in total. The van der Waals surface area contributed by atoms with Crippen LogP contribution in [0.5, 0.6) is 0 Å². The summed E-state index contributed by atoms with van der Waals surface area (Å²) in [6.45, 7) is 10.8. The van der Waals surface area contributed by atoms with Crippen LogP contribution in [-0.2, 0) is 55.1 Å². The molecule has 0 aromatic carbocycles. The van der Waals surface area contributed by atoms with Gasteiger partial charge < -0.3 is 38.4 Å². The Balaban J connectivity index is -0.0000000873. The molecular formula is C20H28CoO8-2. The van der Waals surface area contributed by atoms with Crippen molar-refractivity contribution >= 4 is 46.3 Å². The zero-order chi connectivity index (χ0) is 23.4. The largest absolute Gasteiger partial charge is 2.00 e. The Hall–Kier alpha value is -2.65. The standard InChI is InChI=1S/4C5H7O2.Co/c4*1-4(6)3-5(2)7;/h4*3H,1-2H3;/q4*-1;+2. The smallest absolute Gasteiger partial charge is 0.334 e. The number of carbonyl (C=O) groups is 8. The molecule has 0 rings (SSSR count). The predicted octanol–water partition coefficient (Wildman–Crippen LogP) is 1.47. The number of hydrogen-bond donors (Lipinski definition) is 0. The Morgan fingerprint density at radius 2 is 0.379 bits per heavy atom. The van der Waals surface area contributed by atoms with Gasteiger partial charge in [0.15, 0.2) is 0 Å². The van der Waals surface area contributed by atoms with Gasteiger partial charge in [-0.25, -0.2) is 0 Å². The van der Waals surface area contributed by atoms with Gasteiger partial charge in [0.25, 0.3) is 0 Å². The van der Waals surface area contributed by atoms with Gasteiger partial charge in [0, 0.05) is 46.3 Å². The van der Waals surface area contributed by atoms with Crippen LogP contribution in [0.2, 0.25) is 0 Å². The summed E-state index contributed by atoms with van der Waals surface area (Å²) in [7, 11) is 0. The van der Waals surface area contributed by atoms with Gasteiger partial charge >= 0.3 is 16.8 Å². The molecule has 1 radical (unpaired) electrons. The third-order valence-electron chi connectivity index (χ3n) is 1.63. The average molecular weight is 455 g/mol. The maximum absolute atomic E-state index is 9.98. The number of Topliss-reactive ketones (excluding diaryl/α,β-unsaturated/α-hetero) is 8. The summed E-state index contributed by atoms with van der Waals surface area (Å²) in [5.41, 5.74) is 0. The van der Waals surface area contributed by atoms with Crippen LogP contribution in [0.3, 0.4) is 0 Å². The van der Waals surface area contributed by atoms with Crippen molar-refractivity contribution in [3.8, 4) is 0 Å². The van der Waals surface area contributed by atoms with Crippen molar-refractivity contribution in [2.24, 2.45) is 0 Å². The zero-order valence-electron chi connectivity index (χ0n) is 17.9. The summed E-state index contributed by atoms with van der Waals surface area (Å²) in [5, 5.41) is 0. The molecule has 0 bridgehead atoms. The second-order valence-electron chi connectivity index (χ2n) is 5.46. The van der Waals surface area contributed by atoms with E-state index in [1.807, 2.05) is 0 Å². The van der Waals surface area contributed by atoms with E-state index >= 15 is 0 Å². The third-order valence-corrected chi connectivity index (χ3v) is 1.63. The summed E-state index contributed by atoms with van der Waals surface area (Å²) < 4.78 is 0. The maximum atomic E-state index is 9.98. The quantitative estimate of drug-likeness (QED) is 0.396. The first-order chi connectivity index (χ1) is 12.5. The van der Waals surface area contributed by atoms with Crippen molar-refractivity contribution in [1.29, 1.82) is 0 Å². The third kappa shape index (κ3) is 77.6. The molecule has 0 fully saturated rings. The van der Waals surface area contributed by atoms with Gasteiger partial charge in [-0.2, -0.15) is 0 Å². The molecule has 0 saturated heterocycles. The molecule has 0 aromatic heterocycles. The Labute approximate surface area is 182 Å². The molecule has 9 heteroatoms. The zero-order valence-corrected chi connectivity index (χ0v) is 18.9. The van der Waals surface area contributed by atoms with Crippen molar-refractivity contribution in [2.75, 3.05) is 0 Å². The molecule has 29 heavy (non-hydrogen) atoms. The van der Waals surface area contributed by atoms with E-state index in [-0.39, 0.29) is 63.0 Å². The van der Waals surface area contributed by atoms with Gasteiger partial charge in [0.05, 0.1) is 0 Å². The van der Waals surface area contributed by atoms with Crippen LogP contribution in [0.4, 0.5) is 0 Å². The van der Waals surface area contributed by atoms with Crippen molar-refractivity contribution in [3.63, 3.8) is 0 Å². The van der Waals surface area contributed by atoms with E-state index in [2.05, 4.69) is 0 Å². The molecule has 0 unspecified atom stereocenters. The van der Waals surface area contributed by atoms with E-state index in [9.17, 15) is 38.4 Å². The monoisotopic (exact) mass is 455 g/mol. The first-order valence-electron chi connectivity index (χ1n) is 7.94. The van der Waals surface area contributed by atoms with Gasteiger partial charge in [0.1, 0.15) is 0 Å². The average Bonchev–Trinajstić information content (AvgIpc) is 2.32. The minimum Gasteiger partial charge on any atom is -0.334 e. The molecule has 0 atom stereocenters. The molecule has 0 heterocycles. The van der Waals surface area contributed by atoms with Crippen molar-refractivity contribution < 1.29 is 55.1 Å². The molecule has 167 valence electrons. The fourth-order valence-corrected chi connectivity index (χ4v) is 1.14. The van der Waals surface area contributed by atoms with Crippen LogP contribution >= 0.6 is 0 Å². The predicted molar refractivity (Wildman–Crippen MR) is 103 cm³/mol. The van der Waals surface area contributed by atoms with Gasteiger partial charge in [-0.1, -0.05) is 0 Å². The van der Waals surface area contributed by atoms with E-state index < -0.39 is 0 Å². The fraction of sp³-hybridized carbons (Fsp3) is 0.400. The molecule has 0 saturated carbocycles. The molecular weight excluding hydrogens is 427 g/mol. The fourth-order valence-electron chi connectivity index (χ4n) is 1.14. The Kier molecular flexibility index (Phi) is 30.0. The Bertz CT molecular complexity index is 439. The number of hydrogen-bond acceptors (Lipinski definition) is 8. The number of rotatable bonds is 8. The van der Waals surface area contributed by atoms with Gasteiger partial charge in [-0.15, -0.1) is 0 Å². The number of ketones is 8. The molecule has 0 spiro atoms. The van der Waals surface area contributed by atoms with Crippen LogP contribution in [0.25, 0.3) is 0 Å². The second-order valence-corrected chi connectivity index (χ2v) is 5.46. The van der Waals surface area contributed by atoms with E-state index in [4.69, 9.17) is 0 Å². The van der Waals surface area contributed by atoms with Crippen LogP contribution < -0.4 is 0 Å². The maximum Gasteiger partial charge on any atom is 2.00 e. The first kappa shape index (κ1) is 37.1. The Morgan fingerprint density at radius 1 is 0.310 bits per heavy atom. The van der Waals surface area contributed by atoms with Crippen molar-refractivity contribution in [3.05, 3.63) is 25.7 Å². The van der Waals surface area contributed by atoms with E-state index in [0.29, 0.717) is 0 Å². The molecule has 0 aliphatic carbocycles. The molecule has 0 aromatic rings. The van der Waals surface area contributed by atoms with Crippen molar-refractivity contribution in [1.82, 2.24) is 0 Å².